The standard InChI is InChI=1S/C29H35NO.C2H6/c1-3-19(4-2)9-11-21-22-12-10-20(27-8-6-5-7-17-30-27)18-26(22)29-24(21)14-13-23-25(29)15-16-28(23)31;1-2/h5-6,10,12-14,18-19,21,27,30H,3-4,7-9,11,15-17H2,1-2H3;1-2H3. The molecule has 2 aliphatic carbocycles. The van der Waals surface area contributed by atoms with Crippen LogP contribution in [0.3, 0.4) is 0 Å². The summed E-state index contributed by atoms with van der Waals surface area (Å²) in [5, 5.41) is 3.72. The van der Waals surface area contributed by atoms with Crippen LogP contribution in [0.4, 0.5) is 0 Å². The number of ketones is 1. The van der Waals surface area contributed by atoms with Gasteiger partial charge in [0.25, 0.3) is 0 Å². The normalized spacial score (nSPS) is 20.7. The van der Waals surface area contributed by atoms with Crippen molar-refractivity contribution in [1.82, 2.24) is 5.32 Å². The molecule has 0 saturated heterocycles. The van der Waals surface area contributed by atoms with E-state index in [0.29, 0.717) is 24.2 Å². The molecule has 2 unspecified atom stereocenters. The Bertz CT molecular complexity index is 1010. The van der Waals surface area contributed by atoms with Crippen LogP contribution >= 0.6 is 0 Å². The van der Waals surface area contributed by atoms with Crippen LogP contribution in [-0.4, -0.2) is 12.3 Å². The molecule has 2 atom stereocenters. The highest BCUT2D eigenvalue weighted by molar-refractivity contribution is 6.03. The number of nitrogens with one attached hydrogen (secondary N) is 1. The number of fused-ring (bicyclic) bond motifs is 5. The van der Waals surface area contributed by atoms with Gasteiger partial charge in [0, 0.05) is 23.9 Å². The van der Waals surface area contributed by atoms with E-state index in [9.17, 15) is 4.79 Å². The molecule has 33 heavy (non-hydrogen) atoms. The number of rotatable bonds is 6. The molecule has 2 aromatic rings. The SMILES string of the molecule is CC.CCC(CC)CCC1c2ccc(C3CC=CCCN3)cc2-c2c1ccc1c2CCC1=O. The Morgan fingerprint density at radius 3 is 2.55 bits per heavy atom. The first kappa shape index (κ1) is 24.0. The second-order valence-electron chi connectivity index (χ2n) is 9.64. The molecule has 3 aliphatic rings. The lowest BCUT2D eigenvalue weighted by Crippen LogP contribution is -2.20. The van der Waals surface area contributed by atoms with Crippen LogP contribution in [0, 0.1) is 5.92 Å². The van der Waals surface area contributed by atoms with Gasteiger partial charge in [0.2, 0.25) is 0 Å². The molecule has 1 heterocycles. The molecule has 0 spiro atoms. The maximum atomic E-state index is 12.5. The van der Waals surface area contributed by atoms with Gasteiger partial charge in [-0.15, -0.1) is 0 Å². The Morgan fingerprint density at radius 1 is 0.970 bits per heavy atom. The largest absolute Gasteiger partial charge is 0.309 e. The van der Waals surface area contributed by atoms with Crippen molar-refractivity contribution < 1.29 is 4.79 Å². The molecular weight excluding hydrogens is 402 g/mol. The van der Waals surface area contributed by atoms with Crippen molar-refractivity contribution in [3.63, 3.8) is 0 Å². The molecule has 176 valence electrons. The van der Waals surface area contributed by atoms with E-state index < -0.39 is 0 Å². The lowest BCUT2D eigenvalue weighted by Gasteiger charge is -2.19. The van der Waals surface area contributed by atoms with E-state index in [-0.39, 0.29) is 0 Å². The summed E-state index contributed by atoms with van der Waals surface area (Å²) in [6, 6.07) is 12.0. The summed E-state index contributed by atoms with van der Waals surface area (Å²) in [6.45, 7) is 9.68. The first-order valence-electron chi connectivity index (χ1n) is 13.4. The average molecular weight is 444 g/mol. The third-order valence-corrected chi connectivity index (χ3v) is 8.01. The maximum Gasteiger partial charge on any atom is 0.163 e. The van der Waals surface area contributed by atoms with Gasteiger partial charge in [0.05, 0.1) is 0 Å². The number of benzene rings is 2. The molecule has 2 nitrogen and oxygen atoms in total. The van der Waals surface area contributed by atoms with E-state index in [1.165, 1.54) is 59.1 Å². The molecule has 1 aliphatic heterocycles. The van der Waals surface area contributed by atoms with Crippen LogP contribution in [0.25, 0.3) is 11.1 Å². The molecule has 0 amide bonds. The number of hydrogen-bond donors (Lipinski definition) is 1. The summed E-state index contributed by atoms with van der Waals surface area (Å²) >= 11 is 0. The van der Waals surface area contributed by atoms with Crippen molar-refractivity contribution in [1.29, 1.82) is 0 Å². The summed E-state index contributed by atoms with van der Waals surface area (Å²) < 4.78 is 0. The minimum absolute atomic E-state index is 0.326. The Morgan fingerprint density at radius 2 is 1.76 bits per heavy atom. The molecule has 5 rings (SSSR count). The number of hydrogen-bond acceptors (Lipinski definition) is 2. The van der Waals surface area contributed by atoms with Crippen LogP contribution in [-0.2, 0) is 6.42 Å². The van der Waals surface area contributed by atoms with Crippen molar-refractivity contribution >= 4 is 5.78 Å². The van der Waals surface area contributed by atoms with Gasteiger partial charge in [-0.25, -0.2) is 0 Å². The zero-order valence-electron chi connectivity index (χ0n) is 21.0. The molecule has 2 heteroatoms. The topological polar surface area (TPSA) is 29.1 Å². The summed E-state index contributed by atoms with van der Waals surface area (Å²) in [6.07, 6.45) is 13.4. The van der Waals surface area contributed by atoms with Crippen LogP contribution in [0.1, 0.15) is 117 Å². The summed E-state index contributed by atoms with van der Waals surface area (Å²) in [7, 11) is 0. The van der Waals surface area contributed by atoms with Crippen molar-refractivity contribution in [2.75, 3.05) is 6.54 Å². The predicted molar refractivity (Wildman–Crippen MR) is 140 cm³/mol. The lowest BCUT2D eigenvalue weighted by atomic mass is 9.86. The third-order valence-electron chi connectivity index (χ3n) is 8.01. The first-order valence-corrected chi connectivity index (χ1v) is 13.4. The van der Waals surface area contributed by atoms with Gasteiger partial charge in [-0.1, -0.05) is 77.0 Å². The van der Waals surface area contributed by atoms with E-state index >= 15 is 0 Å². The minimum Gasteiger partial charge on any atom is -0.309 e. The van der Waals surface area contributed by atoms with Gasteiger partial charge in [0.15, 0.2) is 5.78 Å². The van der Waals surface area contributed by atoms with E-state index in [1.807, 2.05) is 13.8 Å². The van der Waals surface area contributed by atoms with Gasteiger partial charge in [0.1, 0.15) is 0 Å². The Hall–Kier alpha value is -2.19. The van der Waals surface area contributed by atoms with Crippen LogP contribution in [0.5, 0.6) is 0 Å². The Labute approximate surface area is 200 Å². The molecule has 0 saturated carbocycles. The van der Waals surface area contributed by atoms with Crippen molar-refractivity contribution in [2.24, 2.45) is 5.92 Å². The average Bonchev–Trinajstić information content (AvgIpc) is 3.24. The lowest BCUT2D eigenvalue weighted by molar-refractivity contribution is 0.0994. The quantitative estimate of drug-likeness (QED) is 0.456. The predicted octanol–water partition coefficient (Wildman–Crippen LogP) is 8.15. The third kappa shape index (κ3) is 4.60. The molecule has 2 aromatic carbocycles. The summed E-state index contributed by atoms with van der Waals surface area (Å²) in [5.41, 5.74) is 9.45. The van der Waals surface area contributed by atoms with Gasteiger partial charge < -0.3 is 5.32 Å². The number of carbonyl (C=O) groups is 1. The summed E-state index contributed by atoms with van der Waals surface area (Å²) in [5.74, 6) is 1.61. The van der Waals surface area contributed by atoms with Crippen LogP contribution < -0.4 is 5.32 Å². The molecule has 0 aromatic heterocycles. The molecule has 1 N–H and O–H groups in total. The molecule has 0 fully saturated rings. The Kier molecular flexibility index (Phi) is 7.86. The highest BCUT2D eigenvalue weighted by Crippen LogP contribution is 2.51. The van der Waals surface area contributed by atoms with Gasteiger partial charge >= 0.3 is 0 Å². The molecule has 0 bridgehead atoms. The number of carbonyl (C=O) groups excluding carboxylic acids is 1. The monoisotopic (exact) mass is 443 g/mol. The summed E-state index contributed by atoms with van der Waals surface area (Å²) in [4.78, 5) is 12.5. The van der Waals surface area contributed by atoms with E-state index in [1.54, 1.807) is 0 Å². The number of Topliss-reactive ketones (excluding diaryl/α,β-unsaturated/α-hetero) is 1. The van der Waals surface area contributed by atoms with Gasteiger partial charge in [-0.3, -0.25) is 4.79 Å². The highest BCUT2D eigenvalue weighted by atomic mass is 16.1. The molecule has 0 radical (unpaired) electrons. The fourth-order valence-corrected chi connectivity index (χ4v) is 6.09. The second-order valence-corrected chi connectivity index (χ2v) is 9.64. The molecular formula is C31H41NO. The van der Waals surface area contributed by atoms with Crippen LogP contribution in [0.15, 0.2) is 42.5 Å². The van der Waals surface area contributed by atoms with Gasteiger partial charge in [-0.2, -0.15) is 0 Å². The highest BCUT2D eigenvalue weighted by Gasteiger charge is 2.35. The Balaban J connectivity index is 0.00000126. The van der Waals surface area contributed by atoms with E-state index in [2.05, 4.69) is 61.6 Å². The zero-order valence-corrected chi connectivity index (χ0v) is 21.0. The fraction of sp³-hybridized carbons (Fsp3) is 0.516. The van der Waals surface area contributed by atoms with E-state index in [0.717, 1.165) is 37.3 Å². The second kappa shape index (κ2) is 10.8. The van der Waals surface area contributed by atoms with E-state index in [4.69, 9.17) is 0 Å². The first-order chi connectivity index (χ1) is 16.2. The van der Waals surface area contributed by atoms with Gasteiger partial charge in [-0.05, 0) is 84.0 Å². The fourth-order valence-electron chi connectivity index (χ4n) is 6.09. The smallest absolute Gasteiger partial charge is 0.163 e. The maximum absolute atomic E-state index is 12.5. The van der Waals surface area contributed by atoms with Crippen molar-refractivity contribution in [3.05, 3.63) is 70.3 Å². The van der Waals surface area contributed by atoms with Crippen molar-refractivity contribution in [2.45, 2.75) is 91.0 Å². The minimum atomic E-state index is 0.326. The van der Waals surface area contributed by atoms with Crippen molar-refractivity contribution in [3.8, 4) is 11.1 Å². The van der Waals surface area contributed by atoms with Crippen LogP contribution in [0.2, 0.25) is 0 Å². The zero-order chi connectivity index (χ0) is 23.4.